The van der Waals surface area contributed by atoms with E-state index in [2.05, 4.69) is 4.18 Å². The van der Waals surface area contributed by atoms with E-state index in [9.17, 15) is 31.5 Å². The van der Waals surface area contributed by atoms with Crippen molar-refractivity contribution in [2.75, 3.05) is 6.54 Å². The van der Waals surface area contributed by atoms with Gasteiger partial charge < -0.3 is 14.2 Å². The summed E-state index contributed by atoms with van der Waals surface area (Å²) in [4.78, 5) is 12.6. The van der Waals surface area contributed by atoms with Gasteiger partial charge in [0.15, 0.2) is 0 Å². The molecule has 1 amide bonds. The van der Waals surface area contributed by atoms with E-state index in [1.807, 2.05) is 20.8 Å². The van der Waals surface area contributed by atoms with E-state index in [0.29, 0.717) is 0 Å². The van der Waals surface area contributed by atoms with Crippen LogP contribution in [-0.4, -0.2) is 42.6 Å². The summed E-state index contributed by atoms with van der Waals surface area (Å²) in [7, 11) is -5.69. The van der Waals surface area contributed by atoms with E-state index < -0.39 is 33.2 Å². The Morgan fingerprint density at radius 1 is 1.35 bits per heavy atom. The summed E-state index contributed by atoms with van der Waals surface area (Å²) >= 11 is 0. The molecular formula is C13H18F3NO5S. The van der Waals surface area contributed by atoms with Crippen LogP contribution >= 0.6 is 0 Å². The molecular weight excluding hydrogens is 339 g/mol. The molecule has 0 aromatic rings. The number of alkyl halides is 3. The van der Waals surface area contributed by atoms with Crippen molar-refractivity contribution in [3.05, 3.63) is 11.8 Å². The number of hydrogen-bond acceptors (Lipinski definition) is 4. The molecule has 1 saturated heterocycles. The number of carbonyl (C=O) groups is 1. The molecule has 10 heteroatoms. The van der Waals surface area contributed by atoms with Crippen molar-refractivity contribution in [1.82, 2.24) is 4.90 Å². The van der Waals surface area contributed by atoms with E-state index in [4.69, 9.17) is 0 Å². The number of amides is 1. The Labute approximate surface area is 132 Å². The van der Waals surface area contributed by atoms with E-state index in [-0.39, 0.29) is 30.6 Å². The topological polar surface area (TPSA) is 83.9 Å². The van der Waals surface area contributed by atoms with Crippen molar-refractivity contribution in [2.45, 2.75) is 38.7 Å². The highest BCUT2D eigenvalue weighted by atomic mass is 32.2. The van der Waals surface area contributed by atoms with Crippen LogP contribution < -0.4 is 0 Å². The monoisotopic (exact) mass is 357 g/mol. The second kappa shape index (κ2) is 5.29. The molecule has 1 aliphatic heterocycles. The molecule has 1 fully saturated rings. The normalized spacial score (nSPS) is 28.5. The van der Waals surface area contributed by atoms with Gasteiger partial charge in [0, 0.05) is 24.9 Å². The summed E-state index contributed by atoms with van der Waals surface area (Å²) in [6.07, 6.45) is 0.166. The molecule has 1 heterocycles. The number of nitrogens with zero attached hydrogens (tertiary/aromatic N) is 1. The molecule has 1 unspecified atom stereocenters. The minimum absolute atomic E-state index is 0.0360. The maximum atomic E-state index is 12.4. The van der Waals surface area contributed by atoms with Crippen molar-refractivity contribution in [3.63, 3.8) is 0 Å². The maximum absolute atomic E-state index is 12.4. The van der Waals surface area contributed by atoms with Gasteiger partial charge in [-0.15, -0.1) is 0 Å². The number of hydrogen-bond donors (Lipinski definition) is 1. The van der Waals surface area contributed by atoms with Gasteiger partial charge in [-0.1, -0.05) is 20.8 Å². The highest BCUT2D eigenvalue weighted by molar-refractivity contribution is 7.87. The number of allylic oxidation sites excluding steroid dienone is 1. The Morgan fingerprint density at radius 3 is 2.35 bits per heavy atom. The Hall–Kier alpha value is -1.45. The van der Waals surface area contributed by atoms with Gasteiger partial charge in [-0.05, 0) is 17.4 Å². The largest absolute Gasteiger partial charge is 0.534 e. The van der Waals surface area contributed by atoms with Gasteiger partial charge >= 0.3 is 21.7 Å². The fourth-order valence-corrected chi connectivity index (χ4v) is 3.98. The van der Waals surface area contributed by atoms with E-state index >= 15 is 0 Å². The van der Waals surface area contributed by atoms with Gasteiger partial charge in [-0.2, -0.15) is 21.6 Å². The first kappa shape index (κ1) is 17.9. The summed E-state index contributed by atoms with van der Waals surface area (Å²) in [5.41, 5.74) is -5.92. The average Bonchev–Trinajstić information content (AvgIpc) is 2.80. The predicted octanol–water partition coefficient (Wildman–Crippen LogP) is 2.78. The molecule has 3 atom stereocenters. The van der Waals surface area contributed by atoms with Gasteiger partial charge in [-0.3, -0.25) is 0 Å². The smallest absolute Gasteiger partial charge is 0.465 e. The Balaban J connectivity index is 2.23. The third-order valence-corrected chi connectivity index (χ3v) is 5.17. The van der Waals surface area contributed by atoms with Gasteiger partial charge in [0.1, 0.15) is 5.76 Å². The molecule has 0 aromatic heterocycles. The van der Waals surface area contributed by atoms with Crippen LogP contribution in [0, 0.1) is 17.3 Å². The standard InChI is InChI=1S/C13H18F3NO5S/c1-12(2,3)10-9-5-8(22-23(20,21)13(14,15)16)4-7(9)6-17(10)11(18)19/h4,7,9-10H,5-6H2,1-3H3,(H,18,19)/t7-,9-,10?/m0/s1. The van der Waals surface area contributed by atoms with Crippen molar-refractivity contribution < 1.29 is 35.7 Å². The minimum Gasteiger partial charge on any atom is -0.465 e. The Morgan fingerprint density at radius 2 is 1.91 bits per heavy atom. The van der Waals surface area contributed by atoms with E-state index in [1.54, 1.807) is 0 Å². The van der Waals surface area contributed by atoms with Gasteiger partial charge in [0.25, 0.3) is 0 Å². The lowest BCUT2D eigenvalue weighted by Crippen LogP contribution is -2.45. The summed E-state index contributed by atoms with van der Waals surface area (Å²) in [6.45, 7) is 5.62. The van der Waals surface area contributed by atoms with E-state index in [1.165, 1.54) is 11.0 Å². The zero-order valence-electron chi connectivity index (χ0n) is 12.8. The Kier molecular flexibility index (Phi) is 4.11. The number of fused-ring (bicyclic) bond motifs is 1. The highest BCUT2D eigenvalue weighted by Gasteiger charge is 2.53. The fourth-order valence-electron chi connectivity index (χ4n) is 3.48. The molecule has 23 heavy (non-hydrogen) atoms. The average molecular weight is 357 g/mol. The first-order valence-electron chi connectivity index (χ1n) is 6.95. The first-order valence-corrected chi connectivity index (χ1v) is 8.36. The molecule has 6 nitrogen and oxygen atoms in total. The van der Waals surface area contributed by atoms with Crippen LogP contribution in [0.2, 0.25) is 0 Å². The second-order valence-electron chi connectivity index (χ2n) is 6.89. The molecule has 0 aromatic carbocycles. The van der Waals surface area contributed by atoms with Crippen LogP contribution in [0.5, 0.6) is 0 Å². The zero-order chi connectivity index (χ0) is 17.8. The zero-order valence-corrected chi connectivity index (χ0v) is 13.6. The summed E-state index contributed by atoms with van der Waals surface area (Å²) < 4.78 is 63.5. The van der Waals surface area contributed by atoms with Crippen LogP contribution in [0.3, 0.4) is 0 Å². The van der Waals surface area contributed by atoms with E-state index in [0.717, 1.165) is 0 Å². The van der Waals surface area contributed by atoms with Crippen molar-refractivity contribution in [2.24, 2.45) is 17.3 Å². The lowest BCUT2D eigenvalue weighted by molar-refractivity contribution is -0.0524. The molecule has 132 valence electrons. The van der Waals surface area contributed by atoms with Crippen LogP contribution in [0.4, 0.5) is 18.0 Å². The quantitative estimate of drug-likeness (QED) is 0.607. The highest BCUT2D eigenvalue weighted by Crippen LogP contribution is 2.48. The minimum atomic E-state index is -5.69. The first-order chi connectivity index (χ1) is 10.2. The molecule has 2 aliphatic rings. The van der Waals surface area contributed by atoms with Gasteiger partial charge in [0.2, 0.25) is 0 Å². The molecule has 2 rings (SSSR count). The van der Waals surface area contributed by atoms with Crippen molar-refractivity contribution >= 4 is 16.2 Å². The van der Waals surface area contributed by atoms with Crippen LogP contribution in [0.1, 0.15) is 27.2 Å². The van der Waals surface area contributed by atoms with Crippen LogP contribution in [-0.2, 0) is 14.3 Å². The lowest BCUT2D eigenvalue weighted by atomic mass is 9.77. The third-order valence-electron chi connectivity index (χ3n) is 4.17. The van der Waals surface area contributed by atoms with Gasteiger partial charge in [-0.25, -0.2) is 4.79 Å². The van der Waals surface area contributed by atoms with Crippen molar-refractivity contribution in [1.29, 1.82) is 0 Å². The molecule has 1 aliphatic carbocycles. The second-order valence-corrected chi connectivity index (χ2v) is 8.43. The van der Waals surface area contributed by atoms with Crippen molar-refractivity contribution in [3.8, 4) is 0 Å². The Bertz CT molecular complexity index is 635. The summed E-state index contributed by atoms with van der Waals surface area (Å²) in [6, 6.07) is -0.434. The molecule has 0 bridgehead atoms. The molecule has 0 saturated carbocycles. The SMILES string of the molecule is CC(C)(C)C1[C@H]2CC(OS(=O)(=O)C(F)(F)F)=C[C@H]2CN1C(=O)O. The molecule has 1 N–H and O–H groups in total. The fraction of sp³-hybridized carbons (Fsp3) is 0.769. The number of halogens is 3. The lowest BCUT2D eigenvalue weighted by Gasteiger charge is -2.36. The van der Waals surface area contributed by atoms with Crippen LogP contribution in [0.15, 0.2) is 11.8 Å². The van der Waals surface area contributed by atoms with Gasteiger partial charge in [0.05, 0.1) is 0 Å². The number of carboxylic acid groups (broad SMARTS) is 1. The van der Waals surface area contributed by atoms with Crippen LogP contribution in [0.25, 0.3) is 0 Å². The maximum Gasteiger partial charge on any atom is 0.534 e. The molecule has 0 radical (unpaired) electrons. The number of likely N-dealkylation sites (tertiary alicyclic amines) is 1. The number of rotatable bonds is 2. The summed E-state index contributed by atoms with van der Waals surface area (Å²) in [5.74, 6) is -0.921. The third kappa shape index (κ3) is 3.26. The molecule has 0 spiro atoms. The predicted molar refractivity (Wildman–Crippen MR) is 73.7 cm³/mol. The summed E-state index contributed by atoms with van der Waals surface area (Å²) in [5, 5.41) is 9.29.